The van der Waals surface area contributed by atoms with Crippen LogP contribution in [0.5, 0.6) is 0 Å². The molecule has 27 heavy (non-hydrogen) atoms. The zero-order chi connectivity index (χ0) is 19.4. The van der Waals surface area contributed by atoms with Crippen LogP contribution < -0.4 is 5.32 Å². The first kappa shape index (κ1) is 19.7. The second-order valence-electron chi connectivity index (χ2n) is 6.47. The predicted molar refractivity (Wildman–Crippen MR) is 93.4 cm³/mol. The van der Waals surface area contributed by atoms with E-state index in [0.717, 1.165) is 6.07 Å². The summed E-state index contributed by atoms with van der Waals surface area (Å²) < 4.78 is 46.6. The topological polar surface area (TPSA) is 58.4 Å². The average Bonchev–Trinajstić information content (AvgIpc) is 3.07. The van der Waals surface area contributed by atoms with E-state index >= 15 is 0 Å². The molecular formula is C18H19ClF3N3O2. The van der Waals surface area contributed by atoms with Crippen molar-refractivity contribution >= 4 is 17.5 Å². The standard InChI is InChI=1S/C18H19ClF3N3O2/c19-12-3-1-4-13(20)16(12)17(26)24-9-14(15-10-23-11-27-15)25-7-2-5-18(21,22)6-8-25/h1,3-4,10-11,14H,2,5-9H2,(H,24,26). The number of nitrogens with one attached hydrogen (secondary N) is 1. The van der Waals surface area contributed by atoms with E-state index in [2.05, 4.69) is 10.3 Å². The third-order valence-electron chi connectivity index (χ3n) is 4.62. The van der Waals surface area contributed by atoms with Gasteiger partial charge in [-0.3, -0.25) is 9.69 Å². The van der Waals surface area contributed by atoms with Gasteiger partial charge in [-0.1, -0.05) is 17.7 Å². The Kier molecular flexibility index (Phi) is 6.06. The van der Waals surface area contributed by atoms with Crippen molar-refractivity contribution in [1.29, 1.82) is 0 Å². The van der Waals surface area contributed by atoms with Gasteiger partial charge in [-0.05, 0) is 25.1 Å². The van der Waals surface area contributed by atoms with Crippen LogP contribution in [0.4, 0.5) is 13.2 Å². The second kappa shape index (κ2) is 8.31. The molecule has 0 aliphatic carbocycles. The maximum Gasteiger partial charge on any atom is 0.255 e. The van der Waals surface area contributed by atoms with Crippen LogP contribution in [0.25, 0.3) is 0 Å². The fourth-order valence-corrected chi connectivity index (χ4v) is 3.44. The lowest BCUT2D eigenvalue weighted by atomic mass is 10.1. The molecule has 1 aliphatic rings. The predicted octanol–water partition coefficient (Wildman–Crippen LogP) is 4.06. The van der Waals surface area contributed by atoms with Crippen LogP contribution in [0, 0.1) is 5.82 Å². The number of carbonyl (C=O) groups is 1. The van der Waals surface area contributed by atoms with Gasteiger partial charge >= 0.3 is 0 Å². The van der Waals surface area contributed by atoms with Gasteiger partial charge in [0.15, 0.2) is 6.39 Å². The van der Waals surface area contributed by atoms with Crippen molar-refractivity contribution in [3.8, 4) is 0 Å². The largest absolute Gasteiger partial charge is 0.447 e. The highest BCUT2D eigenvalue weighted by Crippen LogP contribution is 2.31. The number of rotatable bonds is 5. The summed E-state index contributed by atoms with van der Waals surface area (Å²) >= 11 is 5.92. The first-order valence-corrected chi connectivity index (χ1v) is 8.98. The number of halogens is 4. The summed E-state index contributed by atoms with van der Waals surface area (Å²) in [7, 11) is 0. The van der Waals surface area contributed by atoms with E-state index < -0.39 is 23.7 Å². The van der Waals surface area contributed by atoms with Gasteiger partial charge < -0.3 is 9.73 Å². The molecule has 5 nitrogen and oxygen atoms in total. The van der Waals surface area contributed by atoms with Gasteiger partial charge in [0, 0.05) is 25.9 Å². The molecule has 146 valence electrons. The first-order chi connectivity index (χ1) is 12.9. The molecule has 1 unspecified atom stereocenters. The molecule has 0 bridgehead atoms. The van der Waals surface area contributed by atoms with Crippen LogP contribution in [0.3, 0.4) is 0 Å². The Morgan fingerprint density at radius 1 is 1.37 bits per heavy atom. The average molecular weight is 402 g/mol. The Morgan fingerprint density at radius 2 is 2.19 bits per heavy atom. The van der Waals surface area contributed by atoms with Gasteiger partial charge in [0.25, 0.3) is 5.91 Å². The van der Waals surface area contributed by atoms with Crippen molar-refractivity contribution in [1.82, 2.24) is 15.2 Å². The summed E-state index contributed by atoms with van der Waals surface area (Å²) in [6.07, 6.45) is 2.60. The molecule has 1 amide bonds. The number of nitrogens with zero attached hydrogens (tertiary/aromatic N) is 2. The molecule has 0 radical (unpaired) electrons. The fourth-order valence-electron chi connectivity index (χ4n) is 3.19. The molecule has 1 aromatic carbocycles. The van der Waals surface area contributed by atoms with Crippen LogP contribution in [0.15, 0.2) is 35.2 Å². The maximum absolute atomic E-state index is 13.9. The number of hydrogen-bond donors (Lipinski definition) is 1. The minimum absolute atomic E-state index is 0.00173. The van der Waals surface area contributed by atoms with Crippen LogP contribution in [-0.4, -0.2) is 41.3 Å². The van der Waals surface area contributed by atoms with E-state index in [1.54, 1.807) is 0 Å². The van der Waals surface area contributed by atoms with Crippen molar-refractivity contribution in [2.24, 2.45) is 0 Å². The molecule has 1 aliphatic heterocycles. The molecule has 1 atom stereocenters. The van der Waals surface area contributed by atoms with Crippen LogP contribution in [-0.2, 0) is 0 Å². The van der Waals surface area contributed by atoms with E-state index in [-0.39, 0.29) is 36.5 Å². The molecule has 3 rings (SSSR count). The Morgan fingerprint density at radius 3 is 2.89 bits per heavy atom. The second-order valence-corrected chi connectivity index (χ2v) is 6.88. The van der Waals surface area contributed by atoms with E-state index in [4.69, 9.17) is 16.0 Å². The lowest BCUT2D eigenvalue weighted by Gasteiger charge is -2.29. The molecule has 1 aromatic heterocycles. The number of aromatic nitrogens is 1. The third-order valence-corrected chi connectivity index (χ3v) is 4.93. The van der Waals surface area contributed by atoms with E-state index in [1.165, 1.54) is 24.7 Å². The molecule has 1 fully saturated rings. The molecule has 2 heterocycles. The van der Waals surface area contributed by atoms with Gasteiger partial charge in [-0.2, -0.15) is 0 Å². The lowest BCUT2D eigenvalue weighted by molar-refractivity contribution is -0.0143. The Bertz CT molecular complexity index is 766. The summed E-state index contributed by atoms with van der Waals surface area (Å²) in [5.41, 5.74) is -0.252. The number of amides is 1. The molecule has 1 saturated heterocycles. The Hall–Kier alpha value is -2.06. The first-order valence-electron chi connectivity index (χ1n) is 8.60. The quantitative estimate of drug-likeness (QED) is 0.820. The SMILES string of the molecule is O=C(NCC(c1cnco1)N1CCCC(F)(F)CC1)c1c(F)cccc1Cl. The van der Waals surface area contributed by atoms with E-state index in [0.29, 0.717) is 18.7 Å². The number of oxazole rings is 1. The summed E-state index contributed by atoms with van der Waals surface area (Å²) in [6.45, 7) is 0.621. The van der Waals surface area contributed by atoms with Crippen LogP contribution in [0.2, 0.25) is 5.02 Å². The smallest absolute Gasteiger partial charge is 0.255 e. The third kappa shape index (κ3) is 4.81. The number of likely N-dealkylation sites (tertiary alicyclic amines) is 1. The zero-order valence-electron chi connectivity index (χ0n) is 14.4. The van der Waals surface area contributed by atoms with Crippen LogP contribution in [0.1, 0.15) is 41.4 Å². The van der Waals surface area contributed by atoms with Crippen molar-refractivity contribution in [3.05, 3.63) is 53.0 Å². The molecule has 9 heteroatoms. The molecule has 0 saturated carbocycles. The molecule has 1 N–H and O–H groups in total. The Balaban J connectivity index is 1.74. The minimum atomic E-state index is -2.70. The van der Waals surface area contributed by atoms with E-state index in [9.17, 15) is 18.0 Å². The lowest BCUT2D eigenvalue weighted by Crippen LogP contribution is -2.39. The van der Waals surface area contributed by atoms with Gasteiger partial charge in [0.1, 0.15) is 11.6 Å². The minimum Gasteiger partial charge on any atom is -0.447 e. The number of benzene rings is 1. The summed E-state index contributed by atoms with van der Waals surface area (Å²) in [5.74, 6) is -3.67. The number of hydrogen-bond acceptors (Lipinski definition) is 4. The Labute approximate surface area is 159 Å². The van der Waals surface area contributed by atoms with E-state index in [1.807, 2.05) is 4.90 Å². The fraction of sp³-hybridized carbons (Fsp3) is 0.444. The highest BCUT2D eigenvalue weighted by molar-refractivity contribution is 6.33. The normalized spacial score (nSPS) is 18.7. The van der Waals surface area contributed by atoms with Crippen LogP contribution >= 0.6 is 11.6 Å². The summed E-state index contributed by atoms with van der Waals surface area (Å²) in [5, 5.41) is 2.63. The van der Waals surface area contributed by atoms with Gasteiger partial charge in [-0.15, -0.1) is 0 Å². The van der Waals surface area contributed by atoms with Gasteiger partial charge in [0.2, 0.25) is 5.92 Å². The molecule has 2 aromatic rings. The van der Waals surface area contributed by atoms with Crippen molar-refractivity contribution in [2.45, 2.75) is 31.2 Å². The highest BCUT2D eigenvalue weighted by Gasteiger charge is 2.35. The van der Waals surface area contributed by atoms with Gasteiger partial charge in [0.05, 0.1) is 22.8 Å². The molecular weight excluding hydrogens is 383 g/mol. The monoisotopic (exact) mass is 401 g/mol. The van der Waals surface area contributed by atoms with Crippen molar-refractivity contribution in [2.75, 3.05) is 19.6 Å². The number of alkyl halides is 2. The van der Waals surface area contributed by atoms with Crippen molar-refractivity contribution < 1.29 is 22.4 Å². The summed E-state index contributed by atoms with van der Waals surface area (Å²) in [6, 6.07) is 3.48. The van der Waals surface area contributed by atoms with Crippen molar-refractivity contribution in [3.63, 3.8) is 0 Å². The number of carbonyl (C=O) groups excluding carboxylic acids is 1. The maximum atomic E-state index is 13.9. The summed E-state index contributed by atoms with van der Waals surface area (Å²) in [4.78, 5) is 18.1. The zero-order valence-corrected chi connectivity index (χ0v) is 15.2. The molecule has 0 spiro atoms. The van der Waals surface area contributed by atoms with Gasteiger partial charge in [-0.25, -0.2) is 18.2 Å². The highest BCUT2D eigenvalue weighted by atomic mass is 35.5.